The Kier molecular flexibility index (Phi) is 6.51. The summed E-state index contributed by atoms with van der Waals surface area (Å²) in [7, 11) is 0. The summed E-state index contributed by atoms with van der Waals surface area (Å²) in [5.41, 5.74) is 0. The van der Waals surface area contributed by atoms with E-state index in [0.717, 1.165) is 6.42 Å². The first kappa shape index (κ1) is 16.5. The molecule has 0 amide bonds. The number of hydrogen-bond donors (Lipinski definition) is 1. The lowest BCUT2D eigenvalue weighted by Gasteiger charge is -2.33. The molecule has 0 aromatic rings. The fourth-order valence-electron chi connectivity index (χ4n) is 2.30. The van der Waals surface area contributed by atoms with Crippen LogP contribution in [0.3, 0.4) is 0 Å². The van der Waals surface area contributed by atoms with Crippen LogP contribution in [0.4, 0.5) is 0 Å². The highest BCUT2D eigenvalue weighted by Crippen LogP contribution is 2.32. The monoisotopic (exact) mass is 286 g/mol. The average Bonchev–Trinajstić information content (AvgIpc) is 2.36. The molecule has 0 radical (unpaired) electrons. The van der Waals surface area contributed by atoms with Gasteiger partial charge >= 0.3 is 11.9 Å². The molecule has 0 aromatic heterocycles. The second-order valence-electron chi connectivity index (χ2n) is 5.10. The molecule has 1 saturated carbocycles. The standard InChI is InChI=1S/C14H22O6/c1-9(2)19-8-20-13-5-4-11(7-18-10(3)15)6-12(13)14(16)17/h11-13H,1,4-8H2,2-3H3,(H,16,17). The number of allylic oxidation sites excluding steroid dienone is 1. The molecular formula is C14H22O6. The van der Waals surface area contributed by atoms with Crippen LogP contribution in [0, 0.1) is 11.8 Å². The smallest absolute Gasteiger partial charge is 0.309 e. The van der Waals surface area contributed by atoms with Gasteiger partial charge in [0.2, 0.25) is 0 Å². The third-order valence-electron chi connectivity index (χ3n) is 3.32. The van der Waals surface area contributed by atoms with Crippen molar-refractivity contribution in [3.8, 4) is 0 Å². The molecule has 0 heterocycles. The summed E-state index contributed by atoms with van der Waals surface area (Å²) in [6, 6.07) is 0. The van der Waals surface area contributed by atoms with Crippen molar-refractivity contribution < 1.29 is 28.9 Å². The maximum atomic E-state index is 11.3. The Morgan fingerprint density at radius 2 is 1.95 bits per heavy atom. The van der Waals surface area contributed by atoms with E-state index in [0.29, 0.717) is 18.6 Å². The van der Waals surface area contributed by atoms with Crippen LogP contribution in [-0.4, -0.2) is 36.5 Å². The van der Waals surface area contributed by atoms with Gasteiger partial charge in [-0.25, -0.2) is 0 Å². The molecule has 0 aliphatic heterocycles. The Balaban J connectivity index is 2.46. The average molecular weight is 286 g/mol. The predicted molar refractivity (Wildman–Crippen MR) is 70.7 cm³/mol. The van der Waals surface area contributed by atoms with Crippen LogP contribution in [0.2, 0.25) is 0 Å². The Hall–Kier alpha value is -1.56. The molecule has 1 aliphatic carbocycles. The summed E-state index contributed by atoms with van der Waals surface area (Å²) in [4.78, 5) is 22.1. The molecule has 0 spiro atoms. The highest BCUT2D eigenvalue weighted by Gasteiger charge is 2.36. The minimum atomic E-state index is -0.891. The third-order valence-corrected chi connectivity index (χ3v) is 3.32. The molecule has 1 fully saturated rings. The normalized spacial score (nSPS) is 25.8. The Bertz CT molecular complexity index is 365. The van der Waals surface area contributed by atoms with Crippen LogP contribution < -0.4 is 0 Å². The van der Waals surface area contributed by atoms with Gasteiger partial charge in [-0.1, -0.05) is 6.58 Å². The van der Waals surface area contributed by atoms with Crippen LogP contribution in [0.5, 0.6) is 0 Å². The lowest BCUT2D eigenvalue weighted by molar-refractivity contribution is -0.159. The van der Waals surface area contributed by atoms with E-state index < -0.39 is 11.9 Å². The van der Waals surface area contributed by atoms with E-state index in [4.69, 9.17) is 14.2 Å². The molecule has 1 N–H and O–H groups in total. The second kappa shape index (κ2) is 7.89. The van der Waals surface area contributed by atoms with Gasteiger partial charge in [-0.05, 0) is 32.1 Å². The topological polar surface area (TPSA) is 82.1 Å². The number of carboxylic acid groups (broad SMARTS) is 1. The minimum Gasteiger partial charge on any atom is -0.481 e. The number of rotatable bonds is 7. The third kappa shape index (κ3) is 5.61. The Labute approximate surface area is 118 Å². The van der Waals surface area contributed by atoms with Gasteiger partial charge in [-0.2, -0.15) is 0 Å². The van der Waals surface area contributed by atoms with Crippen LogP contribution in [0.15, 0.2) is 12.3 Å². The zero-order valence-corrected chi connectivity index (χ0v) is 12.0. The van der Waals surface area contributed by atoms with Crippen molar-refractivity contribution in [2.45, 2.75) is 39.2 Å². The molecule has 6 nitrogen and oxygen atoms in total. The first-order valence-corrected chi connectivity index (χ1v) is 6.66. The van der Waals surface area contributed by atoms with Gasteiger partial charge < -0.3 is 19.3 Å². The molecule has 1 rings (SSSR count). The molecule has 1 aliphatic rings. The summed E-state index contributed by atoms with van der Waals surface area (Å²) < 4.78 is 15.5. The van der Waals surface area contributed by atoms with Gasteiger partial charge in [-0.15, -0.1) is 0 Å². The van der Waals surface area contributed by atoms with Crippen LogP contribution in [0.1, 0.15) is 33.1 Å². The largest absolute Gasteiger partial charge is 0.481 e. The van der Waals surface area contributed by atoms with E-state index in [9.17, 15) is 14.7 Å². The van der Waals surface area contributed by atoms with E-state index in [2.05, 4.69) is 6.58 Å². The van der Waals surface area contributed by atoms with Crippen LogP contribution >= 0.6 is 0 Å². The van der Waals surface area contributed by atoms with Crippen molar-refractivity contribution in [1.82, 2.24) is 0 Å². The minimum absolute atomic E-state index is 0.0123. The highest BCUT2D eigenvalue weighted by molar-refractivity contribution is 5.71. The predicted octanol–water partition coefficient (Wildman–Crippen LogP) is 1.94. The van der Waals surface area contributed by atoms with Gasteiger partial charge in [0.15, 0.2) is 6.79 Å². The summed E-state index contributed by atoms with van der Waals surface area (Å²) in [6.07, 6.45) is 1.46. The van der Waals surface area contributed by atoms with Crippen molar-refractivity contribution in [3.63, 3.8) is 0 Å². The van der Waals surface area contributed by atoms with E-state index in [1.807, 2.05) is 0 Å². The fraction of sp³-hybridized carbons (Fsp3) is 0.714. The quantitative estimate of drug-likeness (QED) is 0.437. The van der Waals surface area contributed by atoms with Gasteiger partial charge in [0.25, 0.3) is 0 Å². The zero-order valence-electron chi connectivity index (χ0n) is 12.0. The number of hydrogen-bond acceptors (Lipinski definition) is 5. The number of carbonyl (C=O) groups excluding carboxylic acids is 1. The molecular weight excluding hydrogens is 264 g/mol. The van der Waals surface area contributed by atoms with E-state index in [1.54, 1.807) is 6.92 Å². The van der Waals surface area contributed by atoms with Gasteiger partial charge in [0.1, 0.15) is 0 Å². The van der Waals surface area contributed by atoms with Crippen molar-refractivity contribution >= 4 is 11.9 Å². The fourth-order valence-corrected chi connectivity index (χ4v) is 2.30. The van der Waals surface area contributed by atoms with Gasteiger partial charge in [-0.3, -0.25) is 9.59 Å². The van der Waals surface area contributed by atoms with Crippen LogP contribution in [-0.2, 0) is 23.8 Å². The van der Waals surface area contributed by atoms with Gasteiger partial charge in [0.05, 0.1) is 24.4 Å². The number of carbonyl (C=O) groups is 2. The number of carboxylic acids is 1. The van der Waals surface area contributed by atoms with Crippen molar-refractivity contribution in [2.24, 2.45) is 11.8 Å². The number of ether oxygens (including phenoxy) is 3. The maximum Gasteiger partial charge on any atom is 0.309 e. The maximum absolute atomic E-state index is 11.3. The van der Waals surface area contributed by atoms with E-state index in [-0.39, 0.29) is 31.4 Å². The summed E-state index contributed by atoms with van der Waals surface area (Å²) >= 11 is 0. The molecule has 20 heavy (non-hydrogen) atoms. The molecule has 3 atom stereocenters. The molecule has 3 unspecified atom stereocenters. The van der Waals surface area contributed by atoms with E-state index in [1.165, 1.54) is 6.92 Å². The van der Waals surface area contributed by atoms with Crippen molar-refractivity contribution in [1.29, 1.82) is 0 Å². The second-order valence-corrected chi connectivity index (χ2v) is 5.10. The molecule has 0 bridgehead atoms. The van der Waals surface area contributed by atoms with Crippen molar-refractivity contribution in [3.05, 3.63) is 12.3 Å². The Morgan fingerprint density at radius 3 is 2.50 bits per heavy atom. The zero-order chi connectivity index (χ0) is 15.1. The van der Waals surface area contributed by atoms with E-state index >= 15 is 0 Å². The molecule has 114 valence electrons. The highest BCUT2D eigenvalue weighted by atomic mass is 16.7. The SMILES string of the molecule is C=C(C)OCOC1CCC(COC(C)=O)CC1C(=O)O. The molecule has 6 heteroatoms. The lowest BCUT2D eigenvalue weighted by Crippen LogP contribution is -2.38. The summed E-state index contributed by atoms with van der Waals surface area (Å²) in [5.74, 6) is -1.23. The Morgan fingerprint density at radius 1 is 1.25 bits per heavy atom. The lowest BCUT2D eigenvalue weighted by atomic mass is 9.79. The van der Waals surface area contributed by atoms with Gasteiger partial charge in [0, 0.05) is 6.92 Å². The summed E-state index contributed by atoms with van der Waals surface area (Å²) in [6.45, 7) is 6.91. The number of aliphatic carboxylic acids is 1. The summed E-state index contributed by atoms with van der Waals surface area (Å²) in [5, 5.41) is 9.27. The molecule has 0 saturated heterocycles. The molecule has 0 aromatic carbocycles. The first-order chi connectivity index (χ1) is 9.40. The van der Waals surface area contributed by atoms with Crippen molar-refractivity contribution in [2.75, 3.05) is 13.4 Å². The van der Waals surface area contributed by atoms with Crippen LogP contribution in [0.25, 0.3) is 0 Å². The number of esters is 1. The first-order valence-electron chi connectivity index (χ1n) is 6.66.